The smallest absolute Gasteiger partial charge is 0.409 e. The molecule has 0 aliphatic carbocycles. The van der Waals surface area contributed by atoms with Gasteiger partial charge in [-0.2, -0.15) is 0 Å². The van der Waals surface area contributed by atoms with E-state index in [2.05, 4.69) is 10.3 Å². The molecule has 1 unspecified atom stereocenters. The van der Waals surface area contributed by atoms with Crippen molar-refractivity contribution < 1.29 is 22.7 Å². The van der Waals surface area contributed by atoms with Gasteiger partial charge in [-0.3, -0.25) is 4.79 Å². The molecule has 1 atom stereocenters. The lowest BCUT2D eigenvalue weighted by Gasteiger charge is -2.34. The maximum Gasteiger partial charge on any atom is 0.409 e. The van der Waals surface area contributed by atoms with E-state index in [9.17, 15) is 18.0 Å². The van der Waals surface area contributed by atoms with Crippen LogP contribution < -0.4 is 10.2 Å². The van der Waals surface area contributed by atoms with Crippen molar-refractivity contribution in [3.8, 4) is 0 Å². The van der Waals surface area contributed by atoms with Crippen molar-refractivity contribution in [3.05, 3.63) is 23.9 Å². The summed E-state index contributed by atoms with van der Waals surface area (Å²) in [5.41, 5.74) is 0.442. The molecule has 1 N–H and O–H groups in total. The molecule has 2 fully saturated rings. The molecular weight excluding hydrogens is 372 g/mol. The van der Waals surface area contributed by atoms with Crippen LogP contribution in [0.5, 0.6) is 0 Å². The van der Waals surface area contributed by atoms with E-state index in [1.54, 1.807) is 30.2 Å². The zero-order valence-electron chi connectivity index (χ0n) is 15.3. The van der Waals surface area contributed by atoms with Crippen molar-refractivity contribution in [2.75, 3.05) is 49.2 Å². The highest BCUT2D eigenvalue weighted by Gasteiger charge is 2.29. The van der Waals surface area contributed by atoms with Gasteiger partial charge in [0.2, 0.25) is 0 Å². The van der Waals surface area contributed by atoms with Crippen molar-refractivity contribution in [1.82, 2.24) is 15.2 Å². The summed E-state index contributed by atoms with van der Waals surface area (Å²) in [6.45, 7) is 4.36. The summed E-state index contributed by atoms with van der Waals surface area (Å²) in [6.07, 6.45) is 1.69. The van der Waals surface area contributed by atoms with Crippen LogP contribution in [-0.4, -0.2) is 80.6 Å². The predicted octanol–water partition coefficient (Wildman–Crippen LogP) is 0.277. The number of aromatic nitrogens is 1. The average molecular weight is 396 g/mol. The highest BCUT2D eigenvalue weighted by Crippen LogP contribution is 2.17. The Hall–Kier alpha value is -2.36. The van der Waals surface area contributed by atoms with Crippen LogP contribution in [0.25, 0.3) is 0 Å². The molecule has 3 rings (SSSR count). The van der Waals surface area contributed by atoms with Gasteiger partial charge in [0.25, 0.3) is 5.91 Å². The van der Waals surface area contributed by atoms with Gasteiger partial charge >= 0.3 is 6.09 Å². The minimum Gasteiger partial charge on any atom is -0.450 e. The van der Waals surface area contributed by atoms with Gasteiger partial charge in [-0.05, 0) is 25.5 Å². The van der Waals surface area contributed by atoms with Crippen LogP contribution in [0.15, 0.2) is 18.3 Å². The summed E-state index contributed by atoms with van der Waals surface area (Å²) in [6, 6.07) is 2.96. The molecule has 2 aliphatic rings. The van der Waals surface area contributed by atoms with Crippen LogP contribution in [0, 0.1) is 0 Å². The maximum atomic E-state index is 12.4. The number of carbonyl (C=O) groups is 2. The average Bonchev–Trinajstić information content (AvgIpc) is 3.00. The quantitative estimate of drug-likeness (QED) is 0.778. The summed E-state index contributed by atoms with van der Waals surface area (Å²) in [5.74, 6) is 0.465. The van der Waals surface area contributed by atoms with Crippen LogP contribution in [0.1, 0.15) is 23.7 Å². The first-order valence-corrected chi connectivity index (χ1v) is 10.8. The fraction of sp³-hybridized carbons (Fsp3) is 0.588. The second kappa shape index (κ2) is 8.12. The number of nitrogens with zero attached hydrogens (tertiary/aromatic N) is 3. The molecule has 1 aromatic rings. The zero-order chi connectivity index (χ0) is 19.4. The Morgan fingerprint density at radius 3 is 2.67 bits per heavy atom. The Bertz CT molecular complexity index is 805. The monoisotopic (exact) mass is 396 g/mol. The number of amides is 2. The van der Waals surface area contributed by atoms with E-state index in [1.165, 1.54) is 0 Å². The van der Waals surface area contributed by atoms with Crippen molar-refractivity contribution in [1.29, 1.82) is 0 Å². The van der Waals surface area contributed by atoms with E-state index < -0.39 is 9.84 Å². The van der Waals surface area contributed by atoms with Crippen LogP contribution in [0.4, 0.5) is 10.6 Å². The van der Waals surface area contributed by atoms with E-state index in [0.29, 0.717) is 50.6 Å². The van der Waals surface area contributed by atoms with Crippen molar-refractivity contribution >= 4 is 27.7 Å². The minimum atomic E-state index is -3.04. The number of anilines is 1. The lowest BCUT2D eigenvalue weighted by molar-refractivity contribution is 0.0940. The molecule has 0 radical (unpaired) electrons. The van der Waals surface area contributed by atoms with Gasteiger partial charge in [0, 0.05) is 44.0 Å². The highest BCUT2D eigenvalue weighted by atomic mass is 32.2. The van der Waals surface area contributed by atoms with Gasteiger partial charge in [-0.25, -0.2) is 18.2 Å². The Balaban J connectivity index is 1.59. The van der Waals surface area contributed by atoms with Crippen molar-refractivity contribution in [2.45, 2.75) is 19.4 Å². The molecule has 0 saturated carbocycles. The van der Waals surface area contributed by atoms with Crippen LogP contribution >= 0.6 is 0 Å². The number of hydrogen-bond acceptors (Lipinski definition) is 7. The molecule has 1 aromatic heterocycles. The third kappa shape index (κ3) is 4.88. The fourth-order valence-electron chi connectivity index (χ4n) is 3.24. The largest absolute Gasteiger partial charge is 0.450 e. The molecule has 0 spiro atoms. The fourth-order valence-corrected chi connectivity index (χ4v) is 4.92. The summed E-state index contributed by atoms with van der Waals surface area (Å²) in [7, 11) is -3.04. The van der Waals surface area contributed by atoms with Crippen molar-refractivity contribution in [2.24, 2.45) is 0 Å². The molecule has 2 amide bonds. The topological polar surface area (TPSA) is 109 Å². The normalized spacial score (nSPS) is 21.7. The minimum absolute atomic E-state index is 0.00744. The Labute approximate surface area is 158 Å². The number of nitrogens with one attached hydrogen (secondary N) is 1. The summed E-state index contributed by atoms with van der Waals surface area (Å²) in [4.78, 5) is 32.2. The van der Waals surface area contributed by atoms with Gasteiger partial charge in [0.15, 0.2) is 9.84 Å². The first-order chi connectivity index (χ1) is 12.9. The number of piperazine rings is 1. The van der Waals surface area contributed by atoms with Gasteiger partial charge in [-0.1, -0.05) is 0 Å². The number of pyridine rings is 1. The molecule has 148 valence electrons. The van der Waals surface area contributed by atoms with Crippen molar-refractivity contribution in [3.63, 3.8) is 0 Å². The zero-order valence-corrected chi connectivity index (χ0v) is 16.1. The number of ether oxygens (including phenoxy) is 1. The third-order valence-corrected chi connectivity index (χ3v) is 6.47. The number of rotatable bonds is 4. The Morgan fingerprint density at radius 1 is 1.30 bits per heavy atom. The number of sulfone groups is 1. The third-order valence-electron chi connectivity index (χ3n) is 4.71. The first kappa shape index (κ1) is 19.4. The molecule has 0 aromatic carbocycles. The standard InChI is InChI=1S/C17H24N4O5S/c1-2-26-17(23)21-8-6-20(7-9-21)15-11-13(3-5-18-15)16(22)19-14-4-10-27(24,25)12-14/h3,5,11,14H,2,4,6-10,12H2,1H3,(H,19,22). The number of carbonyl (C=O) groups excluding carboxylic acids is 2. The summed E-state index contributed by atoms with van der Waals surface area (Å²) < 4.78 is 28.1. The maximum absolute atomic E-state index is 12.4. The summed E-state index contributed by atoms with van der Waals surface area (Å²) in [5, 5.41) is 2.78. The molecule has 9 nitrogen and oxygen atoms in total. The second-order valence-electron chi connectivity index (χ2n) is 6.65. The SMILES string of the molecule is CCOC(=O)N1CCN(c2cc(C(=O)NC3CCS(=O)(=O)C3)ccn2)CC1. The molecular formula is C17H24N4O5S. The van der Waals surface area contributed by atoms with E-state index >= 15 is 0 Å². The lowest BCUT2D eigenvalue weighted by Crippen LogP contribution is -2.49. The van der Waals surface area contributed by atoms with E-state index in [1.807, 2.05) is 4.90 Å². The van der Waals surface area contributed by atoms with Gasteiger partial charge in [0.1, 0.15) is 5.82 Å². The van der Waals surface area contributed by atoms with Crippen LogP contribution in [0.3, 0.4) is 0 Å². The number of hydrogen-bond donors (Lipinski definition) is 1. The van der Waals surface area contributed by atoms with E-state index in [-0.39, 0.29) is 29.5 Å². The first-order valence-electron chi connectivity index (χ1n) is 9.02. The predicted molar refractivity (Wildman–Crippen MR) is 99.6 cm³/mol. The van der Waals surface area contributed by atoms with Gasteiger partial charge in [-0.15, -0.1) is 0 Å². The van der Waals surface area contributed by atoms with E-state index in [4.69, 9.17) is 4.74 Å². The Morgan fingerprint density at radius 2 is 2.04 bits per heavy atom. The molecule has 2 saturated heterocycles. The molecule has 0 bridgehead atoms. The molecule has 3 heterocycles. The molecule has 10 heteroatoms. The Kier molecular flexibility index (Phi) is 5.83. The van der Waals surface area contributed by atoms with Gasteiger partial charge < -0.3 is 19.9 Å². The van der Waals surface area contributed by atoms with Crippen LogP contribution in [-0.2, 0) is 14.6 Å². The lowest BCUT2D eigenvalue weighted by atomic mass is 10.2. The summed E-state index contributed by atoms with van der Waals surface area (Å²) >= 11 is 0. The highest BCUT2D eigenvalue weighted by molar-refractivity contribution is 7.91. The van der Waals surface area contributed by atoms with Gasteiger partial charge in [0.05, 0.1) is 18.1 Å². The second-order valence-corrected chi connectivity index (χ2v) is 8.88. The van der Waals surface area contributed by atoms with E-state index in [0.717, 1.165) is 0 Å². The van der Waals surface area contributed by atoms with Crippen LogP contribution in [0.2, 0.25) is 0 Å². The molecule has 27 heavy (non-hydrogen) atoms. The molecule has 2 aliphatic heterocycles.